The second-order valence-corrected chi connectivity index (χ2v) is 8.76. The van der Waals surface area contributed by atoms with Crippen LogP contribution in [0.25, 0.3) is 6.08 Å². The summed E-state index contributed by atoms with van der Waals surface area (Å²) >= 11 is 0. The minimum absolute atomic E-state index is 0.395. The molecule has 0 amide bonds. The molecule has 1 saturated heterocycles. The molecule has 2 aliphatic heterocycles. The largest absolute Gasteiger partial charge is 0.363 e. The average molecular weight is 369 g/mol. The molecule has 0 unspecified atom stereocenters. The zero-order valence-corrected chi connectivity index (χ0v) is 15.5. The number of sulfonamides is 1. The molecule has 0 N–H and O–H groups in total. The summed E-state index contributed by atoms with van der Waals surface area (Å²) in [6.45, 7) is 2.85. The minimum atomic E-state index is -3.36. The third-order valence-electron chi connectivity index (χ3n) is 5.04. The summed E-state index contributed by atoms with van der Waals surface area (Å²) in [6, 6.07) is 9.36. The van der Waals surface area contributed by atoms with Crippen molar-refractivity contribution >= 4 is 21.8 Å². The molecule has 0 spiro atoms. The molecule has 1 fully saturated rings. The predicted molar refractivity (Wildman–Crippen MR) is 103 cm³/mol. The van der Waals surface area contributed by atoms with Gasteiger partial charge in [0.25, 0.3) is 0 Å². The summed E-state index contributed by atoms with van der Waals surface area (Å²) in [5.74, 6) is 0. The van der Waals surface area contributed by atoms with Crippen LogP contribution in [0.3, 0.4) is 0 Å². The first-order valence-electron chi connectivity index (χ1n) is 9.09. The van der Waals surface area contributed by atoms with Crippen LogP contribution in [0.5, 0.6) is 0 Å². The first-order chi connectivity index (χ1) is 12.6. The van der Waals surface area contributed by atoms with Crippen molar-refractivity contribution in [2.75, 3.05) is 24.5 Å². The molecule has 1 aromatic carbocycles. The Morgan fingerprint density at radius 1 is 1.00 bits per heavy atom. The number of hydrogen-bond donors (Lipinski definition) is 0. The van der Waals surface area contributed by atoms with Crippen LogP contribution in [-0.4, -0.2) is 37.3 Å². The molecule has 0 bridgehead atoms. The summed E-state index contributed by atoms with van der Waals surface area (Å²) in [5.41, 5.74) is 3.37. The number of hydrogen-bond acceptors (Lipinski definition) is 4. The maximum atomic E-state index is 12.8. The lowest BCUT2D eigenvalue weighted by Crippen LogP contribution is -2.35. The van der Waals surface area contributed by atoms with Crippen LogP contribution in [0.2, 0.25) is 0 Å². The molecule has 0 radical (unpaired) electrons. The second-order valence-electron chi connectivity index (χ2n) is 6.83. The van der Waals surface area contributed by atoms with Crippen LogP contribution in [0.15, 0.2) is 53.7 Å². The van der Waals surface area contributed by atoms with Gasteiger partial charge in [-0.3, -0.25) is 4.98 Å². The summed E-state index contributed by atoms with van der Waals surface area (Å²) in [7, 11) is -3.36. The van der Waals surface area contributed by atoms with E-state index in [1.165, 1.54) is 0 Å². The Morgan fingerprint density at radius 3 is 2.54 bits per heavy atom. The van der Waals surface area contributed by atoms with Crippen LogP contribution in [0.4, 0.5) is 5.69 Å². The number of aromatic nitrogens is 1. The van der Waals surface area contributed by atoms with E-state index in [0.717, 1.165) is 49.2 Å². The van der Waals surface area contributed by atoms with E-state index in [4.69, 9.17) is 0 Å². The Morgan fingerprint density at radius 2 is 1.77 bits per heavy atom. The van der Waals surface area contributed by atoms with Crippen LogP contribution in [0, 0.1) is 0 Å². The highest BCUT2D eigenvalue weighted by atomic mass is 32.2. The SMILES string of the molecule is O=S(=O)(c1ccc(CN2CC=Cc3cnccc32)cc1)N1CCCCC1. The Balaban J connectivity index is 1.51. The van der Waals surface area contributed by atoms with Crippen molar-refractivity contribution in [1.29, 1.82) is 0 Å². The molecule has 136 valence electrons. The molecule has 2 aromatic rings. The van der Waals surface area contributed by atoms with Crippen molar-refractivity contribution in [2.45, 2.75) is 30.7 Å². The Labute approximate surface area is 155 Å². The van der Waals surface area contributed by atoms with Gasteiger partial charge in [-0.05, 0) is 36.6 Å². The van der Waals surface area contributed by atoms with Crippen molar-refractivity contribution in [1.82, 2.24) is 9.29 Å². The van der Waals surface area contributed by atoms with E-state index in [0.29, 0.717) is 18.0 Å². The average Bonchev–Trinajstić information content (AvgIpc) is 2.69. The molecule has 0 atom stereocenters. The summed E-state index contributed by atoms with van der Waals surface area (Å²) in [6.07, 6.45) is 10.9. The van der Waals surface area contributed by atoms with Crippen molar-refractivity contribution in [3.63, 3.8) is 0 Å². The Bertz CT molecular complexity index is 901. The molecule has 0 aliphatic carbocycles. The van der Waals surface area contributed by atoms with Gasteiger partial charge in [-0.15, -0.1) is 0 Å². The molecule has 2 aliphatic rings. The topological polar surface area (TPSA) is 53.5 Å². The van der Waals surface area contributed by atoms with Gasteiger partial charge in [0.15, 0.2) is 0 Å². The molecule has 5 nitrogen and oxygen atoms in total. The number of rotatable bonds is 4. The number of fused-ring (bicyclic) bond motifs is 1. The molecule has 26 heavy (non-hydrogen) atoms. The maximum Gasteiger partial charge on any atom is 0.243 e. The van der Waals surface area contributed by atoms with Crippen LogP contribution < -0.4 is 4.90 Å². The molecular weight excluding hydrogens is 346 g/mol. The highest BCUT2D eigenvalue weighted by molar-refractivity contribution is 7.89. The van der Waals surface area contributed by atoms with Crippen molar-refractivity contribution in [3.8, 4) is 0 Å². The van der Waals surface area contributed by atoms with Crippen molar-refractivity contribution in [3.05, 3.63) is 59.9 Å². The van der Waals surface area contributed by atoms with Crippen molar-refractivity contribution in [2.24, 2.45) is 0 Å². The van der Waals surface area contributed by atoms with Gasteiger partial charge in [-0.2, -0.15) is 4.31 Å². The van der Waals surface area contributed by atoms with E-state index in [1.54, 1.807) is 22.6 Å². The van der Waals surface area contributed by atoms with Gasteiger partial charge in [0, 0.05) is 49.8 Å². The number of piperidine rings is 1. The molecule has 6 heteroatoms. The predicted octanol–water partition coefficient (Wildman–Crippen LogP) is 3.29. The molecule has 4 rings (SSSR count). The number of pyridine rings is 1. The number of benzene rings is 1. The number of nitrogens with zero attached hydrogens (tertiary/aromatic N) is 3. The monoisotopic (exact) mass is 369 g/mol. The fourth-order valence-corrected chi connectivity index (χ4v) is 5.13. The Hall–Kier alpha value is -2.18. The lowest BCUT2D eigenvalue weighted by molar-refractivity contribution is 0.346. The maximum absolute atomic E-state index is 12.8. The molecule has 3 heterocycles. The zero-order valence-electron chi connectivity index (χ0n) is 14.7. The van der Waals surface area contributed by atoms with Gasteiger partial charge in [0.1, 0.15) is 0 Å². The summed E-state index contributed by atoms with van der Waals surface area (Å²) < 4.78 is 27.1. The molecule has 1 aromatic heterocycles. The third kappa shape index (κ3) is 3.39. The van der Waals surface area contributed by atoms with Gasteiger partial charge in [-0.25, -0.2) is 8.42 Å². The van der Waals surface area contributed by atoms with Crippen LogP contribution in [-0.2, 0) is 16.6 Å². The number of anilines is 1. The Kier molecular flexibility index (Phi) is 4.78. The standard InChI is InChI=1S/C20H23N3O2S/c24-26(25,23-13-2-1-3-14-23)19-8-6-17(7-9-19)16-22-12-4-5-18-15-21-11-10-20(18)22/h4-11,15H,1-3,12-14,16H2. The van der Waals surface area contributed by atoms with Gasteiger partial charge in [0.05, 0.1) is 4.90 Å². The van der Waals surface area contributed by atoms with E-state index >= 15 is 0 Å². The van der Waals surface area contributed by atoms with Gasteiger partial charge in [-0.1, -0.05) is 30.7 Å². The first-order valence-corrected chi connectivity index (χ1v) is 10.5. The highest BCUT2D eigenvalue weighted by Crippen LogP contribution is 2.27. The van der Waals surface area contributed by atoms with Crippen LogP contribution in [0.1, 0.15) is 30.4 Å². The second kappa shape index (κ2) is 7.21. The highest BCUT2D eigenvalue weighted by Gasteiger charge is 2.25. The van der Waals surface area contributed by atoms with E-state index in [9.17, 15) is 8.42 Å². The smallest absolute Gasteiger partial charge is 0.243 e. The lowest BCUT2D eigenvalue weighted by atomic mass is 10.1. The summed E-state index contributed by atoms with van der Waals surface area (Å²) in [4.78, 5) is 6.84. The molecule has 0 saturated carbocycles. The van der Waals surface area contributed by atoms with E-state index in [1.807, 2.05) is 24.4 Å². The van der Waals surface area contributed by atoms with Gasteiger partial charge < -0.3 is 4.90 Å². The normalized spacial score (nSPS) is 17.9. The quantitative estimate of drug-likeness (QED) is 0.830. The van der Waals surface area contributed by atoms with Crippen LogP contribution >= 0.6 is 0 Å². The lowest BCUT2D eigenvalue weighted by Gasteiger charge is -2.28. The fourth-order valence-electron chi connectivity index (χ4n) is 3.61. The van der Waals surface area contributed by atoms with E-state index < -0.39 is 10.0 Å². The van der Waals surface area contributed by atoms with Crippen molar-refractivity contribution < 1.29 is 8.42 Å². The van der Waals surface area contributed by atoms with Gasteiger partial charge >= 0.3 is 0 Å². The first kappa shape index (κ1) is 17.2. The zero-order chi connectivity index (χ0) is 18.0. The minimum Gasteiger partial charge on any atom is -0.363 e. The van der Waals surface area contributed by atoms with Gasteiger partial charge in [0.2, 0.25) is 10.0 Å². The molecular formula is C20H23N3O2S. The van der Waals surface area contributed by atoms with E-state index in [2.05, 4.69) is 22.0 Å². The summed E-state index contributed by atoms with van der Waals surface area (Å²) in [5, 5.41) is 0. The van der Waals surface area contributed by atoms with E-state index in [-0.39, 0.29) is 0 Å². The fraction of sp³-hybridized carbons (Fsp3) is 0.350. The third-order valence-corrected chi connectivity index (χ3v) is 6.95.